The van der Waals surface area contributed by atoms with Crippen LogP contribution in [-0.2, 0) is 4.79 Å². The van der Waals surface area contributed by atoms with E-state index in [1.54, 1.807) is 24.3 Å². The number of carboxylic acids is 1. The summed E-state index contributed by atoms with van der Waals surface area (Å²) in [5.41, 5.74) is 0. The first-order valence-electron chi connectivity index (χ1n) is 5.27. The molecule has 0 fully saturated rings. The van der Waals surface area contributed by atoms with Crippen LogP contribution < -0.4 is 10.6 Å². The third kappa shape index (κ3) is 3.17. The minimum absolute atomic E-state index is 0.471. The van der Waals surface area contributed by atoms with E-state index in [2.05, 4.69) is 20.6 Å². The van der Waals surface area contributed by atoms with E-state index >= 15 is 0 Å². The summed E-state index contributed by atoms with van der Waals surface area (Å²) in [6.45, 7) is 1.55. The van der Waals surface area contributed by atoms with E-state index in [4.69, 9.17) is 5.11 Å². The quantitative estimate of drug-likeness (QED) is 0.767. The first-order chi connectivity index (χ1) is 8.65. The van der Waals surface area contributed by atoms with Crippen molar-refractivity contribution < 1.29 is 9.90 Å². The van der Waals surface area contributed by atoms with Crippen molar-refractivity contribution in [3.05, 3.63) is 29.9 Å². The van der Waals surface area contributed by atoms with Crippen LogP contribution in [-0.4, -0.2) is 27.1 Å². The first-order valence-corrected chi connectivity index (χ1v) is 6.15. The molecule has 18 heavy (non-hydrogen) atoms. The number of anilines is 3. The molecule has 0 aliphatic heterocycles. The summed E-state index contributed by atoms with van der Waals surface area (Å²) < 4.78 is 0. The molecule has 0 bridgehead atoms. The van der Waals surface area contributed by atoms with Gasteiger partial charge in [-0.1, -0.05) is 0 Å². The zero-order valence-corrected chi connectivity index (χ0v) is 10.4. The van der Waals surface area contributed by atoms with Gasteiger partial charge in [0.05, 0.1) is 5.00 Å². The van der Waals surface area contributed by atoms with Gasteiger partial charge in [0, 0.05) is 6.07 Å². The predicted molar refractivity (Wildman–Crippen MR) is 70.4 cm³/mol. The standard InChI is InChI=1S/C11H12N4O2S/c1-7(11(16)17)14-8-5-9(13-6-12-8)15-10-3-2-4-18-10/h2-7H,1H3,(H,16,17)(H2,12,13,14,15). The molecule has 0 aliphatic rings. The van der Waals surface area contributed by atoms with E-state index < -0.39 is 12.0 Å². The van der Waals surface area contributed by atoms with Crippen molar-refractivity contribution in [2.75, 3.05) is 10.6 Å². The summed E-state index contributed by atoms with van der Waals surface area (Å²) in [7, 11) is 0. The predicted octanol–water partition coefficient (Wildman–Crippen LogP) is 2.17. The lowest BCUT2D eigenvalue weighted by atomic mass is 10.3. The number of carboxylic acid groups (broad SMARTS) is 1. The van der Waals surface area contributed by atoms with Crippen molar-refractivity contribution in [2.45, 2.75) is 13.0 Å². The Hall–Kier alpha value is -2.15. The van der Waals surface area contributed by atoms with Crippen LogP contribution in [0.4, 0.5) is 16.6 Å². The molecule has 0 radical (unpaired) electrons. The highest BCUT2D eigenvalue weighted by molar-refractivity contribution is 7.14. The molecule has 6 nitrogen and oxygen atoms in total. The van der Waals surface area contributed by atoms with E-state index in [0.717, 1.165) is 5.00 Å². The van der Waals surface area contributed by atoms with Crippen molar-refractivity contribution >= 4 is 33.9 Å². The van der Waals surface area contributed by atoms with Gasteiger partial charge >= 0.3 is 5.97 Å². The highest BCUT2D eigenvalue weighted by Gasteiger charge is 2.11. The number of aliphatic carboxylic acids is 1. The van der Waals surface area contributed by atoms with Gasteiger partial charge in [0.1, 0.15) is 24.0 Å². The van der Waals surface area contributed by atoms with Crippen LogP contribution >= 0.6 is 11.3 Å². The van der Waals surface area contributed by atoms with Crippen LogP contribution in [0.15, 0.2) is 29.9 Å². The Bertz CT molecular complexity index is 530. The lowest BCUT2D eigenvalue weighted by Gasteiger charge is -2.10. The van der Waals surface area contributed by atoms with Crippen LogP contribution in [0.2, 0.25) is 0 Å². The molecule has 7 heteroatoms. The van der Waals surface area contributed by atoms with Crippen molar-refractivity contribution in [3.8, 4) is 0 Å². The van der Waals surface area contributed by atoms with Crippen molar-refractivity contribution in [3.63, 3.8) is 0 Å². The smallest absolute Gasteiger partial charge is 0.325 e. The number of rotatable bonds is 5. The number of thiophene rings is 1. The Morgan fingerprint density at radius 2 is 2.22 bits per heavy atom. The molecule has 0 saturated heterocycles. The molecule has 3 N–H and O–H groups in total. The van der Waals surface area contributed by atoms with E-state index in [9.17, 15) is 4.79 Å². The number of hydrogen-bond donors (Lipinski definition) is 3. The van der Waals surface area contributed by atoms with Gasteiger partial charge in [-0.2, -0.15) is 0 Å². The lowest BCUT2D eigenvalue weighted by Crippen LogP contribution is -2.25. The van der Waals surface area contributed by atoms with E-state index in [1.165, 1.54) is 6.33 Å². The largest absolute Gasteiger partial charge is 0.480 e. The van der Waals surface area contributed by atoms with E-state index in [0.29, 0.717) is 11.6 Å². The maximum absolute atomic E-state index is 10.7. The SMILES string of the molecule is CC(Nc1cc(Nc2cccs2)ncn1)C(=O)O. The van der Waals surface area contributed by atoms with Crippen LogP contribution in [0.3, 0.4) is 0 Å². The fraction of sp³-hybridized carbons (Fsp3) is 0.182. The average molecular weight is 264 g/mol. The maximum Gasteiger partial charge on any atom is 0.325 e. The Morgan fingerprint density at radius 3 is 2.89 bits per heavy atom. The first kappa shape index (κ1) is 12.3. The monoisotopic (exact) mass is 264 g/mol. The van der Waals surface area contributed by atoms with Gasteiger partial charge in [-0.25, -0.2) is 9.97 Å². The van der Waals surface area contributed by atoms with Gasteiger partial charge in [0.2, 0.25) is 0 Å². The Balaban J connectivity index is 2.07. The molecule has 2 aromatic rings. The normalized spacial score (nSPS) is 11.8. The van der Waals surface area contributed by atoms with Crippen molar-refractivity contribution in [1.82, 2.24) is 9.97 Å². The minimum Gasteiger partial charge on any atom is -0.480 e. The molecule has 0 amide bonds. The second kappa shape index (κ2) is 5.46. The van der Waals surface area contributed by atoms with Gasteiger partial charge in [-0.3, -0.25) is 4.79 Å². The second-order valence-corrected chi connectivity index (χ2v) is 4.54. The third-order valence-electron chi connectivity index (χ3n) is 2.17. The Morgan fingerprint density at radius 1 is 1.44 bits per heavy atom. The number of hydrogen-bond acceptors (Lipinski definition) is 6. The maximum atomic E-state index is 10.7. The summed E-state index contributed by atoms with van der Waals surface area (Å²) in [6, 6.07) is 4.83. The number of aromatic nitrogens is 2. The molecule has 2 heterocycles. The van der Waals surface area contributed by atoms with E-state index in [1.807, 2.05) is 17.5 Å². The minimum atomic E-state index is -0.929. The summed E-state index contributed by atoms with van der Waals surface area (Å²) >= 11 is 1.56. The van der Waals surface area contributed by atoms with Gasteiger partial charge in [0.25, 0.3) is 0 Å². The van der Waals surface area contributed by atoms with Crippen LogP contribution in [0.1, 0.15) is 6.92 Å². The fourth-order valence-corrected chi connectivity index (χ4v) is 1.89. The molecule has 0 saturated carbocycles. The average Bonchev–Trinajstić information content (AvgIpc) is 2.82. The summed E-state index contributed by atoms with van der Waals surface area (Å²) in [4.78, 5) is 18.8. The van der Waals surface area contributed by atoms with Gasteiger partial charge in [-0.15, -0.1) is 11.3 Å². The molecular formula is C11H12N4O2S. The summed E-state index contributed by atoms with van der Waals surface area (Å²) in [5, 5.41) is 17.6. The topological polar surface area (TPSA) is 87.1 Å². The number of carbonyl (C=O) groups is 1. The Labute approximate surface area is 108 Å². The molecule has 0 spiro atoms. The zero-order chi connectivity index (χ0) is 13.0. The van der Waals surface area contributed by atoms with Crippen LogP contribution in [0.5, 0.6) is 0 Å². The van der Waals surface area contributed by atoms with Crippen molar-refractivity contribution in [1.29, 1.82) is 0 Å². The molecule has 1 unspecified atom stereocenters. The number of nitrogens with zero attached hydrogens (tertiary/aromatic N) is 2. The van der Waals surface area contributed by atoms with Gasteiger partial charge in [-0.05, 0) is 24.4 Å². The Kier molecular flexibility index (Phi) is 3.73. The van der Waals surface area contributed by atoms with Gasteiger partial charge in [0.15, 0.2) is 0 Å². The fourth-order valence-electron chi connectivity index (χ4n) is 1.26. The molecule has 2 rings (SSSR count). The highest BCUT2D eigenvalue weighted by atomic mass is 32.1. The highest BCUT2D eigenvalue weighted by Crippen LogP contribution is 2.20. The van der Waals surface area contributed by atoms with E-state index in [-0.39, 0.29) is 0 Å². The molecule has 94 valence electrons. The molecule has 1 atom stereocenters. The molecule has 2 aromatic heterocycles. The number of nitrogens with one attached hydrogen (secondary N) is 2. The molecule has 0 aliphatic carbocycles. The van der Waals surface area contributed by atoms with Crippen molar-refractivity contribution in [2.24, 2.45) is 0 Å². The zero-order valence-electron chi connectivity index (χ0n) is 9.62. The van der Waals surface area contributed by atoms with Crippen LogP contribution in [0.25, 0.3) is 0 Å². The molecule has 0 aromatic carbocycles. The summed E-state index contributed by atoms with van der Waals surface area (Å²) in [5.74, 6) is 0.160. The second-order valence-electron chi connectivity index (χ2n) is 3.60. The summed E-state index contributed by atoms with van der Waals surface area (Å²) in [6.07, 6.45) is 1.38. The van der Waals surface area contributed by atoms with Crippen LogP contribution in [0, 0.1) is 0 Å². The van der Waals surface area contributed by atoms with Gasteiger partial charge < -0.3 is 15.7 Å². The third-order valence-corrected chi connectivity index (χ3v) is 2.96. The molecular weight excluding hydrogens is 252 g/mol. The lowest BCUT2D eigenvalue weighted by molar-refractivity contribution is -0.137.